The summed E-state index contributed by atoms with van der Waals surface area (Å²) < 4.78 is 94.7. The Morgan fingerprint density at radius 1 is 0.324 bits per heavy atom. The molecule has 0 saturated carbocycles. The van der Waals surface area contributed by atoms with Gasteiger partial charge >= 0.3 is 29.1 Å². The largest absolute Gasteiger partial charge is 0.437 e. The van der Waals surface area contributed by atoms with Gasteiger partial charge in [-0.25, -0.2) is 58.1 Å². The summed E-state index contributed by atoms with van der Waals surface area (Å²) >= 11 is 0. The number of halogens is 3. The van der Waals surface area contributed by atoms with E-state index in [1.165, 1.54) is 57.0 Å². The molecule has 14 aromatic rings. The van der Waals surface area contributed by atoms with E-state index >= 15 is 0 Å². The molecule has 0 aliphatic heterocycles. The van der Waals surface area contributed by atoms with Crippen molar-refractivity contribution in [1.82, 2.24) is 59.8 Å². The predicted molar refractivity (Wildman–Crippen MR) is 413 cm³/mol. The quantitative estimate of drug-likeness (QED) is 0.118. The molecule has 0 radical (unpaired) electrons. The van der Waals surface area contributed by atoms with Crippen LogP contribution in [0.15, 0.2) is 84.9 Å². The van der Waals surface area contributed by atoms with Gasteiger partial charge in [-0.1, -0.05) is 65.2 Å². The van der Waals surface area contributed by atoms with E-state index in [9.17, 15) is 13.2 Å². The highest BCUT2D eigenvalue weighted by Gasteiger charge is 2.39. The first-order chi connectivity index (χ1) is 51.7. The fourth-order valence-electron chi connectivity index (χ4n) is 14.0. The number of hydrogen-bond acceptors (Lipinski definition) is 12. The van der Waals surface area contributed by atoms with Crippen molar-refractivity contribution in [3.8, 4) is 56.5 Å². The van der Waals surface area contributed by atoms with Crippen LogP contribution >= 0.6 is 0 Å². The number of fused-ring (bicyclic) bond motifs is 5. The summed E-state index contributed by atoms with van der Waals surface area (Å²) in [5, 5.41) is 0. The van der Waals surface area contributed by atoms with Crippen LogP contribution in [0.25, 0.3) is 112 Å². The van der Waals surface area contributed by atoms with Gasteiger partial charge < -0.3 is 0 Å². The van der Waals surface area contributed by atoms with Gasteiger partial charge in [-0.3, -0.25) is 0 Å². The van der Waals surface area contributed by atoms with Gasteiger partial charge in [0.2, 0.25) is 11.3 Å². The lowest BCUT2D eigenvalue weighted by molar-refractivity contribution is -0.668. The van der Waals surface area contributed by atoms with E-state index in [0.717, 1.165) is 118 Å². The number of nitrogens with zero attached hydrogens (tertiary/aromatic N) is 16. The highest BCUT2D eigenvalue weighted by Crippen LogP contribution is 2.39. The molecule has 8 aromatic heterocycles. The van der Waals surface area contributed by atoms with Crippen LogP contribution in [0.1, 0.15) is 143 Å². The standard InChI is InChI=1S/C27H28F3N4.C21H21N4.2C19H23N4/c1-13-10-16(4)21(17(5)11-13)22-23(20-12-14(2)9-15(3)18(20)6)34(8)26-25(32-22)33-24(19(7)31-26)27(28,29)30;1-12-10-13(2)14(3)16(11-12)21-24-20-19(15(4)25(21)5)22-17-8-6-7-9-18(17)23-20;1-10-8-11(2)12(3)16(9-10)19-22-18-17(15(6)23(19)7)20-13(4)14(5)21-18;1-10-8-11(2)12(3)16(9-10)17-15(6)21-18-19(23(17)7)22-14(5)13(4)20-18/h9-12H,1-8H3;6-11H,1-5H3;2*8-9H,1-7H3/q4*+1/i;;2*4D3. The minimum Gasteiger partial charge on any atom is -0.242 e. The van der Waals surface area contributed by atoms with Crippen LogP contribution in [0.5, 0.6) is 0 Å². The first-order valence-corrected chi connectivity index (χ1v) is 34.9. The van der Waals surface area contributed by atoms with E-state index in [-0.39, 0.29) is 22.7 Å². The maximum absolute atomic E-state index is 13.6. The van der Waals surface area contributed by atoms with Crippen LogP contribution in [-0.2, 0) is 34.4 Å². The third-order valence-corrected chi connectivity index (χ3v) is 20.2. The van der Waals surface area contributed by atoms with Gasteiger partial charge in [0.25, 0.3) is 11.3 Å². The molecule has 0 fully saturated rings. The topological polar surface area (TPSA) is 170 Å². The minimum atomic E-state index is -4.61. The summed E-state index contributed by atoms with van der Waals surface area (Å²) in [6, 6.07) is 29.3. The molecule has 0 atom stereocenters. The van der Waals surface area contributed by atoms with Crippen LogP contribution in [-0.4, -0.2) is 59.8 Å². The van der Waals surface area contributed by atoms with E-state index in [1.54, 1.807) is 13.8 Å². The molecule has 14 rings (SSSR count). The summed E-state index contributed by atoms with van der Waals surface area (Å²) in [5.74, 6) is 1.73. The van der Waals surface area contributed by atoms with E-state index in [4.69, 9.17) is 33.1 Å². The van der Waals surface area contributed by atoms with Crippen molar-refractivity contribution < 1.29 is 39.7 Å². The highest BCUT2D eigenvalue weighted by atomic mass is 19.4. The number of aromatic nitrogens is 16. The number of hydrogen-bond donors (Lipinski definition) is 0. The average molecular weight is 1420 g/mol. The minimum absolute atomic E-state index is 0.00669. The molecule has 0 aliphatic rings. The second-order valence-electron chi connectivity index (χ2n) is 28.2. The van der Waals surface area contributed by atoms with Crippen LogP contribution < -0.4 is 18.3 Å². The zero-order chi connectivity index (χ0) is 81.6. The summed E-state index contributed by atoms with van der Waals surface area (Å²) in [5.41, 5.74) is 32.8. The zero-order valence-corrected chi connectivity index (χ0v) is 64.9. The lowest BCUT2D eigenvalue weighted by Gasteiger charge is -2.18. The molecule has 8 heterocycles. The van der Waals surface area contributed by atoms with Crippen molar-refractivity contribution in [3.05, 3.63) is 220 Å². The molecule has 0 N–H and O–H groups in total. The Balaban J connectivity index is 0.000000148. The number of aryl methyl sites for hydroxylation is 21. The molecule has 16 nitrogen and oxygen atoms in total. The van der Waals surface area contributed by atoms with Gasteiger partial charge in [-0.05, 0) is 255 Å². The Bertz CT molecular complexity index is 6170. The number of benzene rings is 6. The van der Waals surface area contributed by atoms with E-state index in [0.29, 0.717) is 50.8 Å². The third kappa shape index (κ3) is 14.6. The van der Waals surface area contributed by atoms with Gasteiger partial charge in [0.1, 0.15) is 17.1 Å². The monoisotopic (exact) mass is 1410 g/mol. The smallest absolute Gasteiger partial charge is 0.242 e. The van der Waals surface area contributed by atoms with Gasteiger partial charge in [0.15, 0.2) is 39.5 Å². The van der Waals surface area contributed by atoms with Crippen molar-refractivity contribution in [3.63, 3.8) is 0 Å². The molecule has 536 valence electrons. The van der Waals surface area contributed by atoms with Crippen molar-refractivity contribution in [2.24, 2.45) is 28.2 Å². The normalized spacial score (nSPS) is 12.6. The molecule has 0 aliphatic carbocycles. The van der Waals surface area contributed by atoms with Crippen molar-refractivity contribution in [2.45, 2.75) is 165 Å². The first-order valence-electron chi connectivity index (χ1n) is 37.9. The zero-order valence-electron chi connectivity index (χ0n) is 70.9. The Morgan fingerprint density at radius 2 is 0.686 bits per heavy atom. The fourth-order valence-corrected chi connectivity index (χ4v) is 14.0. The molecular formula is C86H95F3N16+4. The third-order valence-electron chi connectivity index (χ3n) is 20.2. The molecule has 0 unspecified atom stereocenters. The summed E-state index contributed by atoms with van der Waals surface area (Å²) in [7, 11) is 7.71. The second-order valence-corrected chi connectivity index (χ2v) is 28.2. The van der Waals surface area contributed by atoms with Gasteiger partial charge in [-0.15, -0.1) is 0 Å². The van der Waals surface area contributed by atoms with Crippen molar-refractivity contribution in [2.75, 3.05) is 0 Å². The Morgan fingerprint density at radius 3 is 1.17 bits per heavy atom. The van der Waals surface area contributed by atoms with Gasteiger partial charge in [-0.2, -0.15) is 13.2 Å². The van der Waals surface area contributed by atoms with Gasteiger partial charge in [0, 0.05) is 52.6 Å². The Hall–Kier alpha value is -11.0. The Labute approximate surface area is 622 Å². The van der Waals surface area contributed by atoms with Crippen molar-refractivity contribution >= 4 is 55.9 Å². The molecule has 105 heavy (non-hydrogen) atoms. The number of para-hydroxylation sites is 2. The highest BCUT2D eigenvalue weighted by molar-refractivity contribution is 5.87. The first kappa shape index (κ1) is 67.2. The maximum atomic E-state index is 13.6. The van der Waals surface area contributed by atoms with E-state index in [2.05, 4.69) is 183 Å². The molecule has 0 bridgehead atoms. The summed E-state index contributed by atoms with van der Waals surface area (Å²) in [6.07, 6.45) is -4.61. The second kappa shape index (κ2) is 28.9. The number of rotatable bonds is 5. The molecule has 0 saturated heterocycles. The van der Waals surface area contributed by atoms with E-state index in [1.807, 2.05) is 108 Å². The van der Waals surface area contributed by atoms with Crippen LogP contribution in [0.2, 0.25) is 0 Å². The average Bonchev–Trinajstić information content (AvgIpc) is 0.827. The Kier molecular flexibility index (Phi) is 18.5. The van der Waals surface area contributed by atoms with Crippen LogP contribution in [0.4, 0.5) is 13.2 Å². The molecule has 0 amide bonds. The fraction of sp³-hybridized carbons (Fsp3) is 0.326. The maximum Gasteiger partial charge on any atom is 0.437 e. The van der Waals surface area contributed by atoms with Crippen LogP contribution in [0.3, 0.4) is 0 Å². The lowest BCUT2D eigenvalue weighted by atomic mass is 9.91. The number of alkyl halides is 3. The summed E-state index contributed by atoms with van der Waals surface area (Å²) in [6.45, 7) is 37.1. The SMILES string of the molecule is Cc1cc(C)c(-c2nc3nc(C(F)(F)F)c(C)nc3[n+](C)c2-c2cc(C)cc(C)c2C)c(C)c1.Cc1cc(C)c(C)c(-c2nc3nc4ccccc4nc3c(C)[n+]2C)c1.[2H]C([2H])([2H])c1nc2c(C)[n+](C)c(-c3cc(C)cc(C)c3C)nc2nc1C.[2H]C([2H])([2H])c1nc2nc(C)c(-c3cc(C)cc(C)c3C)[n+](C)c2nc1C. The molecule has 19 heteroatoms. The molecule has 6 aromatic carbocycles. The molecular weight excluding hydrogens is 1310 g/mol. The van der Waals surface area contributed by atoms with Crippen molar-refractivity contribution in [1.29, 1.82) is 0 Å². The predicted octanol–water partition coefficient (Wildman–Crippen LogP) is 17.0. The van der Waals surface area contributed by atoms with Gasteiger partial charge in [0.05, 0.1) is 73.1 Å². The summed E-state index contributed by atoms with van der Waals surface area (Å²) in [4.78, 5) is 54.4. The lowest BCUT2D eigenvalue weighted by Crippen LogP contribution is -2.37. The molecule has 0 spiro atoms. The van der Waals surface area contributed by atoms with E-state index < -0.39 is 25.6 Å². The van der Waals surface area contributed by atoms with Crippen LogP contribution in [0, 0.1) is 159 Å².